The Morgan fingerprint density at radius 2 is 0.560 bits per heavy atom. The number of esters is 4. The van der Waals surface area contributed by atoms with Gasteiger partial charge in [-0.3, -0.25) is 37.3 Å². The second kappa shape index (κ2) is 64.1. The lowest BCUT2D eigenvalue weighted by Gasteiger charge is -2.21. The molecule has 91 heavy (non-hydrogen) atoms. The molecule has 17 nitrogen and oxygen atoms in total. The highest BCUT2D eigenvalue weighted by Crippen LogP contribution is 2.45. The molecule has 0 fully saturated rings. The molecule has 0 saturated carbocycles. The topological polar surface area (TPSA) is 237 Å². The number of aliphatic hydroxyl groups excluding tert-OH is 1. The summed E-state index contributed by atoms with van der Waals surface area (Å²) in [4.78, 5) is 72.6. The van der Waals surface area contributed by atoms with Crippen molar-refractivity contribution in [2.75, 3.05) is 39.6 Å². The molecule has 0 aromatic rings. The van der Waals surface area contributed by atoms with Gasteiger partial charge in [-0.15, -0.1) is 0 Å². The van der Waals surface area contributed by atoms with Gasteiger partial charge in [-0.25, -0.2) is 9.13 Å². The number of phosphoric ester groups is 2. The summed E-state index contributed by atoms with van der Waals surface area (Å²) in [6, 6.07) is 0. The normalized spacial score (nSPS) is 14.4. The van der Waals surface area contributed by atoms with E-state index in [1.54, 1.807) is 0 Å². The van der Waals surface area contributed by atoms with E-state index < -0.39 is 97.5 Å². The van der Waals surface area contributed by atoms with Gasteiger partial charge >= 0.3 is 39.5 Å². The largest absolute Gasteiger partial charge is 0.472 e. The van der Waals surface area contributed by atoms with E-state index in [-0.39, 0.29) is 25.7 Å². The Morgan fingerprint density at radius 3 is 0.835 bits per heavy atom. The summed E-state index contributed by atoms with van der Waals surface area (Å²) in [5.41, 5.74) is 0. The van der Waals surface area contributed by atoms with Crippen molar-refractivity contribution in [3.05, 3.63) is 0 Å². The Balaban J connectivity index is 5.23. The Bertz CT molecular complexity index is 1770. The van der Waals surface area contributed by atoms with E-state index in [0.717, 1.165) is 102 Å². The first-order valence-corrected chi connectivity index (χ1v) is 40.5. The minimum absolute atomic E-state index is 0.106. The number of unbranched alkanes of at least 4 members (excludes halogenated alkanes) is 40. The molecule has 0 radical (unpaired) electrons. The van der Waals surface area contributed by atoms with Crippen molar-refractivity contribution >= 4 is 39.5 Å². The van der Waals surface area contributed by atoms with Crippen LogP contribution in [-0.4, -0.2) is 96.7 Å². The lowest BCUT2D eigenvalue weighted by atomic mass is 9.99. The fourth-order valence-electron chi connectivity index (χ4n) is 10.9. The highest BCUT2D eigenvalue weighted by molar-refractivity contribution is 7.47. The standard InChI is InChI=1S/C72H140O17P2/c1-7-10-12-14-16-18-20-21-22-23-24-25-26-28-30-38-45-51-57-72(77)88-67(60-82-69(74)54-48-42-36-32-31-35-41-47-53-65(6)9-3)62-86-90(78,79)84-58-66(73)59-85-91(80,81)87-63-68(61-83-70(75)55-49-43-39-33-34-40-46-52-64(4)5)89-71(76)56-50-44-37-29-27-19-17-15-13-11-8-2/h64-68,73H,7-63H2,1-6H3,(H,78,79)(H,80,81)/t65?,66-,67-,68-/m1/s1. The molecule has 19 heteroatoms. The quantitative estimate of drug-likeness (QED) is 0.0222. The van der Waals surface area contributed by atoms with E-state index in [0.29, 0.717) is 31.6 Å². The van der Waals surface area contributed by atoms with Crippen LogP contribution in [0.5, 0.6) is 0 Å². The molecule has 0 aromatic heterocycles. The predicted molar refractivity (Wildman–Crippen MR) is 368 cm³/mol. The van der Waals surface area contributed by atoms with E-state index >= 15 is 0 Å². The van der Waals surface area contributed by atoms with Gasteiger partial charge in [0.15, 0.2) is 12.2 Å². The monoisotopic (exact) mass is 1340 g/mol. The Hall–Kier alpha value is -1.94. The van der Waals surface area contributed by atoms with Crippen LogP contribution in [0.25, 0.3) is 0 Å². The first-order chi connectivity index (χ1) is 43.9. The molecule has 0 spiro atoms. The van der Waals surface area contributed by atoms with Crippen LogP contribution in [0.2, 0.25) is 0 Å². The number of rotatable bonds is 71. The van der Waals surface area contributed by atoms with Gasteiger partial charge in [0.1, 0.15) is 19.3 Å². The number of phosphoric acid groups is 2. The van der Waals surface area contributed by atoms with E-state index in [2.05, 4.69) is 41.5 Å². The molecule has 540 valence electrons. The molecule has 0 bridgehead atoms. The van der Waals surface area contributed by atoms with Crippen molar-refractivity contribution in [3.63, 3.8) is 0 Å². The SMILES string of the molecule is CCCCCCCCCCCCCCCCCCCCC(=O)O[C@H](COC(=O)CCCCCCCCCCC(C)CC)COP(=O)(O)OC[C@@H](O)COP(=O)(O)OC[C@@H](COC(=O)CCCCCCCCCC(C)C)OC(=O)CCCCCCCCCCCCC. The number of hydrogen-bond donors (Lipinski definition) is 3. The molecule has 0 aliphatic carbocycles. The van der Waals surface area contributed by atoms with Crippen molar-refractivity contribution in [2.24, 2.45) is 11.8 Å². The maximum absolute atomic E-state index is 13.0. The summed E-state index contributed by atoms with van der Waals surface area (Å²) in [7, 11) is -9.90. The van der Waals surface area contributed by atoms with Gasteiger partial charge < -0.3 is 33.8 Å². The van der Waals surface area contributed by atoms with Crippen LogP contribution >= 0.6 is 15.6 Å². The molecule has 0 rings (SSSR count). The average Bonchev–Trinajstić information content (AvgIpc) is 3.64. The first-order valence-electron chi connectivity index (χ1n) is 37.5. The lowest BCUT2D eigenvalue weighted by Crippen LogP contribution is -2.30. The van der Waals surface area contributed by atoms with Crippen molar-refractivity contribution in [3.8, 4) is 0 Å². The van der Waals surface area contributed by atoms with Crippen molar-refractivity contribution in [1.82, 2.24) is 0 Å². The van der Waals surface area contributed by atoms with Gasteiger partial charge in [-0.1, -0.05) is 318 Å². The molecule has 6 atom stereocenters. The Morgan fingerprint density at radius 1 is 0.319 bits per heavy atom. The highest BCUT2D eigenvalue weighted by Gasteiger charge is 2.30. The number of carbonyl (C=O) groups is 4. The fraction of sp³-hybridized carbons (Fsp3) is 0.944. The van der Waals surface area contributed by atoms with E-state index in [1.807, 2.05) is 0 Å². The number of carbonyl (C=O) groups excluding carboxylic acids is 4. The molecular weight excluding hydrogens is 1200 g/mol. The minimum Gasteiger partial charge on any atom is -0.462 e. The van der Waals surface area contributed by atoms with Crippen molar-refractivity contribution in [2.45, 2.75) is 387 Å². The van der Waals surface area contributed by atoms with Crippen LogP contribution in [0, 0.1) is 11.8 Å². The molecule has 0 saturated heterocycles. The molecule has 0 aliphatic heterocycles. The van der Waals surface area contributed by atoms with Crippen LogP contribution in [0.15, 0.2) is 0 Å². The molecule has 3 unspecified atom stereocenters. The zero-order chi connectivity index (χ0) is 67.2. The van der Waals surface area contributed by atoms with E-state index in [4.69, 9.17) is 37.0 Å². The third-order valence-corrected chi connectivity index (χ3v) is 19.0. The average molecular weight is 1340 g/mol. The summed E-state index contributed by atoms with van der Waals surface area (Å²) in [5.74, 6) is -0.639. The summed E-state index contributed by atoms with van der Waals surface area (Å²) < 4.78 is 68.3. The summed E-state index contributed by atoms with van der Waals surface area (Å²) in [6.45, 7) is 9.51. The van der Waals surface area contributed by atoms with Gasteiger partial charge in [-0.2, -0.15) is 0 Å². The van der Waals surface area contributed by atoms with Crippen molar-refractivity contribution < 1.29 is 80.2 Å². The predicted octanol–water partition coefficient (Wildman–Crippen LogP) is 20.8. The third-order valence-electron chi connectivity index (χ3n) is 17.1. The number of hydrogen-bond acceptors (Lipinski definition) is 15. The van der Waals surface area contributed by atoms with Crippen LogP contribution < -0.4 is 0 Å². The summed E-state index contributed by atoms with van der Waals surface area (Å²) in [6.07, 6.45) is 50.0. The van der Waals surface area contributed by atoms with Gasteiger partial charge in [-0.05, 0) is 37.5 Å². The second-order valence-electron chi connectivity index (χ2n) is 26.7. The minimum atomic E-state index is -4.95. The third kappa shape index (κ3) is 65.1. The fourth-order valence-corrected chi connectivity index (χ4v) is 12.5. The highest BCUT2D eigenvalue weighted by atomic mass is 31.2. The number of aliphatic hydroxyl groups is 1. The van der Waals surface area contributed by atoms with Crippen LogP contribution in [0.4, 0.5) is 0 Å². The van der Waals surface area contributed by atoms with Crippen LogP contribution in [0.3, 0.4) is 0 Å². The Kier molecular flexibility index (Phi) is 62.7. The zero-order valence-electron chi connectivity index (χ0n) is 59.1. The van der Waals surface area contributed by atoms with Gasteiger partial charge in [0.05, 0.1) is 26.4 Å². The van der Waals surface area contributed by atoms with E-state index in [9.17, 15) is 43.2 Å². The first kappa shape index (κ1) is 89.1. The summed E-state index contributed by atoms with van der Waals surface area (Å²) >= 11 is 0. The lowest BCUT2D eigenvalue weighted by molar-refractivity contribution is -0.161. The molecule has 3 N–H and O–H groups in total. The molecule has 0 aromatic carbocycles. The molecule has 0 amide bonds. The maximum atomic E-state index is 13.0. The zero-order valence-corrected chi connectivity index (χ0v) is 60.9. The van der Waals surface area contributed by atoms with Crippen molar-refractivity contribution in [1.29, 1.82) is 0 Å². The second-order valence-corrected chi connectivity index (χ2v) is 29.6. The van der Waals surface area contributed by atoms with Crippen LogP contribution in [-0.2, 0) is 65.4 Å². The molecular formula is C72H140O17P2. The number of ether oxygens (including phenoxy) is 4. The Labute approximate surface area is 556 Å². The van der Waals surface area contributed by atoms with Gasteiger partial charge in [0.25, 0.3) is 0 Å². The van der Waals surface area contributed by atoms with Gasteiger partial charge in [0.2, 0.25) is 0 Å². The maximum Gasteiger partial charge on any atom is 0.472 e. The van der Waals surface area contributed by atoms with E-state index in [1.165, 1.54) is 180 Å². The molecule has 0 aliphatic rings. The summed E-state index contributed by atoms with van der Waals surface area (Å²) in [5, 5.41) is 10.6. The van der Waals surface area contributed by atoms with Gasteiger partial charge in [0, 0.05) is 25.7 Å². The van der Waals surface area contributed by atoms with Crippen LogP contribution in [0.1, 0.15) is 369 Å². The smallest absolute Gasteiger partial charge is 0.462 e. The molecule has 0 heterocycles.